The molecule has 0 heterocycles. The number of hydrogen-bond donors (Lipinski definition) is 3. The molecule has 0 saturated carbocycles. The van der Waals surface area contributed by atoms with Gasteiger partial charge in [-0.1, -0.05) is 12.1 Å². The van der Waals surface area contributed by atoms with Crippen molar-refractivity contribution in [3.8, 4) is 0 Å². The van der Waals surface area contributed by atoms with Crippen LogP contribution in [0.25, 0.3) is 0 Å². The first-order valence-electron chi connectivity index (χ1n) is 4.41. The van der Waals surface area contributed by atoms with Gasteiger partial charge < -0.3 is 5.73 Å². The average molecular weight is 224 g/mol. The fourth-order valence-electron chi connectivity index (χ4n) is 0.959. The van der Waals surface area contributed by atoms with Gasteiger partial charge in [0.25, 0.3) is 5.91 Å². The van der Waals surface area contributed by atoms with Crippen LogP contribution in [-0.4, -0.2) is 17.9 Å². The number of carbonyl (C=O) groups excluding carboxylic acids is 2. The maximum atomic E-state index is 11.5. The standard InChI is InChI=1S/C10H12N2O2S/c1-6(11)9(13)12-10(14)7-4-2-3-5-8(7)15/h2-6,15H,11H2,1H3,(H,12,13,14)/t6-/m1/s1. The minimum absolute atomic E-state index is 0.356. The van der Waals surface area contributed by atoms with E-state index in [1.165, 1.54) is 6.92 Å². The second kappa shape index (κ2) is 4.95. The Morgan fingerprint density at radius 1 is 1.40 bits per heavy atom. The molecule has 15 heavy (non-hydrogen) atoms. The molecule has 0 aliphatic rings. The molecule has 0 aromatic heterocycles. The van der Waals surface area contributed by atoms with Gasteiger partial charge in [-0.15, -0.1) is 12.6 Å². The van der Waals surface area contributed by atoms with E-state index in [0.29, 0.717) is 10.5 Å². The first kappa shape index (κ1) is 11.7. The number of nitrogens with two attached hydrogens (primary N) is 1. The van der Waals surface area contributed by atoms with Crippen LogP contribution in [0.4, 0.5) is 0 Å². The van der Waals surface area contributed by atoms with Crippen LogP contribution < -0.4 is 11.1 Å². The number of benzene rings is 1. The third-order valence-corrected chi connectivity index (χ3v) is 2.19. The zero-order valence-corrected chi connectivity index (χ0v) is 9.12. The summed E-state index contributed by atoms with van der Waals surface area (Å²) in [7, 11) is 0. The number of thiol groups is 1. The second-order valence-corrected chi connectivity index (χ2v) is 3.61. The lowest BCUT2D eigenvalue weighted by Crippen LogP contribution is -2.41. The minimum Gasteiger partial charge on any atom is -0.320 e. The zero-order valence-electron chi connectivity index (χ0n) is 8.23. The molecule has 0 radical (unpaired) electrons. The summed E-state index contributed by atoms with van der Waals surface area (Å²) in [6, 6.07) is 6.01. The van der Waals surface area contributed by atoms with Crippen LogP contribution >= 0.6 is 12.6 Å². The quantitative estimate of drug-likeness (QED) is 0.643. The zero-order chi connectivity index (χ0) is 11.4. The molecule has 1 aromatic carbocycles. The van der Waals surface area contributed by atoms with Gasteiger partial charge in [0.2, 0.25) is 5.91 Å². The summed E-state index contributed by atoms with van der Waals surface area (Å²) in [4.78, 5) is 23.2. The smallest absolute Gasteiger partial charge is 0.259 e. The van der Waals surface area contributed by atoms with Gasteiger partial charge in [0.05, 0.1) is 11.6 Å². The maximum absolute atomic E-state index is 11.5. The molecular weight excluding hydrogens is 212 g/mol. The Balaban J connectivity index is 2.79. The van der Waals surface area contributed by atoms with E-state index in [-0.39, 0.29) is 0 Å². The third kappa shape index (κ3) is 3.07. The molecule has 0 fully saturated rings. The summed E-state index contributed by atoms with van der Waals surface area (Å²) in [5, 5.41) is 2.18. The minimum atomic E-state index is -0.707. The number of hydrogen-bond acceptors (Lipinski definition) is 4. The van der Waals surface area contributed by atoms with Crippen molar-refractivity contribution in [2.75, 3.05) is 0 Å². The van der Waals surface area contributed by atoms with E-state index in [1.807, 2.05) is 0 Å². The number of nitrogens with one attached hydrogen (secondary N) is 1. The van der Waals surface area contributed by atoms with Crippen LogP contribution in [0.3, 0.4) is 0 Å². The van der Waals surface area contributed by atoms with E-state index < -0.39 is 17.9 Å². The predicted octanol–water partition coefficient (Wildman–Crippen LogP) is 0.579. The summed E-state index contributed by atoms with van der Waals surface area (Å²) in [5.74, 6) is -0.987. The molecule has 0 bridgehead atoms. The largest absolute Gasteiger partial charge is 0.320 e. The predicted molar refractivity (Wildman–Crippen MR) is 59.8 cm³/mol. The van der Waals surface area contributed by atoms with E-state index >= 15 is 0 Å². The lowest BCUT2D eigenvalue weighted by molar-refractivity contribution is -0.121. The van der Waals surface area contributed by atoms with Crippen LogP contribution in [-0.2, 0) is 4.79 Å². The summed E-state index contributed by atoms with van der Waals surface area (Å²) in [6.07, 6.45) is 0. The Bertz CT molecular complexity index is 391. The van der Waals surface area contributed by atoms with Crippen LogP contribution in [0.15, 0.2) is 29.2 Å². The van der Waals surface area contributed by atoms with Crippen LogP contribution in [0, 0.1) is 0 Å². The molecule has 3 N–H and O–H groups in total. The normalized spacial score (nSPS) is 11.9. The Kier molecular flexibility index (Phi) is 3.88. The molecular formula is C10H12N2O2S. The Labute approximate surface area is 93.3 Å². The van der Waals surface area contributed by atoms with E-state index in [0.717, 1.165) is 0 Å². The SMILES string of the molecule is C[C@@H](N)C(=O)NC(=O)c1ccccc1S. The molecule has 5 heteroatoms. The lowest BCUT2D eigenvalue weighted by atomic mass is 10.2. The van der Waals surface area contributed by atoms with Crippen LogP contribution in [0.2, 0.25) is 0 Å². The summed E-state index contributed by atoms with van der Waals surface area (Å²) in [6.45, 7) is 1.51. The number of carbonyl (C=O) groups is 2. The third-order valence-electron chi connectivity index (χ3n) is 1.80. The van der Waals surface area contributed by atoms with Crippen LogP contribution in [0.1, 0.15) is 17.3 Å². The van der Waals surface area contributed by atoms with Gasteiger partial charge in [-0.05, 0) is 19.1 Å². The highest BCUT2D eigenvalue weighted by Gasteiger charge is 2.14. The van der Waals surface area contributed by atoms with Gasteiger partial charge >= 0.3 is 0 Å². The molecule has 1 atom stereocenters. The molecule has 0 aliphatic heterocycles. The van der Waals surface area contributed by atoms with Crippen molar-refractivity contribution in [2.24, 2.45) is 5.73 Å². The second-order valence-electron chi connectivity index (χ2n) is 3.12. The van der Waals surface area contributed by atoms with E-state index in [4.69, 9.17) is 5.73 Å². The first-order valence-corrected chi connectivity index (χ1v) is 4.86. The summed E-state index contributed by atoms with van der Waals surface area (Å²) < 4.78 is 0. The van der Waals surface area contributed by atoms with Gasteiger partial charge in [-0.3, -0.25) is 14.9 Å². The van der Waals surface area contributed by atoms with Crippen molar-refractivity contribution in [1.82, 2.24) is 5.32 Å². The molecule has 1 aromatic rings. The molecule has 0 spiro atoms. The first-order chi connectivity index (χ1) is 7.02. The van der Waals surface area contributed by atoms with Crippen molar-refractivity contribution in [2.45, 2.75) is 17.9 Å². The van der Waals surface area contributed by atoms with E-state index in [9.17, 15) is 9.59 Å². The highest BCUT2D eigenvalue weighted by atomic mass is 32.1. The molecule has 0 aliphatic carbocycles. The fraction of sp³-hybridized carbons (Fsp3) is 0.200. The van der Waals surface area contributed by atoms with Gasteiger partial charge in [0.15, 0.2) is 0 Å². The molecule has 4 nitrogen and oxygen atoms in total. The summed E-state index contributed by atoms with van der Waals surface area (Å²) in [5.41, 5.74) is 5.67. The Morgan fingerprint density at radius 3 is 2.53 bits per heavy atom. The van der Waals surface area contributed by atoms with Crippen molar-refractivity contribution in [3.63, 3.8) is 0 Å². The highest BCUT2D eigenvalue weighted by Crippen LogP contribution is 2.12. The molecule has 1 rings (SSSR count). The average Bonchev–Trinajstić information content (AvgIpc) is 2.18. The number of imide groups is 1. The lowest BCUT2D eigenvalue weighted by Gasteiger charge is -2.07. The maximum Gasteiger partial charge on any atom is 0.259 e. The molecule has 2 amide bonds. The van der Waals surface area contributed by atoms with Gasteiger partial charge in [-0.25, -0.2) is 0 Å². The monoisotopic (exact) mass is 224 g/mol. The van der Waals surface area contributed by atoms with Crippen molar-refractivity contribution in [3.05, 3.63) is 29.8 Å². The fourth-order valence-corrected chi connectivity index (χ4v) is 1.22. The molecule has 80 valence electrons. The topological polar surface area (TPSA) is 72.2 Å². The molecule has 0 saturated heterocycles. The number of amides is 2. The van der Waals surface area contributed by atoms with E-state index in [2.05, 4.69) is 17.9 Å². The Hall–Kier alpha value is -1.33. The van der Waals surface area contributed by atoms with Crippen molar-refractivity contribution >= 4 is 24.4 Å². The van der Waals surface area contributed by atoms with Crippen molar-refractivity contribution in [1.29, 1.82) is 0 Å². The van der Waals surface area contributed by atoms with Gasteiger partial charge in [0.1, 0.15) is 0 Å². The van der Waals surface area contributed by atoms with Gasteiger partial charge in [0, 0.05) is 4.90 Å². The van der Waals surface area contributed by atoms with Crippen LogP contribution in [0.5, 0.6) is 0 Å². The molecule has 0 unspecified atom stereocenters. The highest BCUT2D eigenvalue weighted by molar-refractivity contribution is 7.80. The Morgan fingerprint density at radius 2 is 2.00 bits per heavy atom. The van der Waals surface area contributed by atoms with Crippen molar-refractivity contribution < 1.29 is 9.59 Å². The van der Waals surface area contributed by atoms with E-state index in [1.54, 1.807) is 24.3 Å². The van der Waals surface area contributed by atoms with Gasteiger partial charge in [-0.2, -0.15) is 0 Å². The number of rotatable bonds is 2. The summed E-state index contributed by atoms with van der Waals surface area (Å²) >= 11 is 4.11.